The van der Waals surface area contributed by atoms with Gasteiger partial charge < -0.3 is 10.2 Å². The molecule has 16 heavy (non-hydrogen) atoms. The van der Waals surface area contributed by atoms with Gasteiger partial charge in [0, 0.05) is 26.3 Å². The lowest BCUT2D eigenvalue weighted by atomic mass is 9.96. The molecule has 0 radical (unpaired) electrons. The quantitative estimate of drug-likeness (QED) is 0.847. The Labute approximate surface area is 98.9 Å². The first kappa shape index (κ1) is 13.0. The first-order valence-electron chi connectivity index (χ1n) is 5.72. The third-order valence-electron chi connectivity index (χ3n) is 2.28. The summed E-state index contributed by atoms with van der Waals surface area (Å²) in [6.45, 7) is 8.83. The molecule has 0 aromatic carbocycles. The molecule has 0 aliphatic heterocycles. The normalized spacial score (nSPS) is 11.9. The number of anilines is 1. The summed E-state index contributed by atoms with van der Waals surface area (Å²) in [7, 11) is 4.05. The van der Waals surface area contributed by atoms with Gasteiger partial charge in [-0.3, -0.25) is 0 Å². The van der Waals surface area contributed by atoms with Crippen molar-refractivity contribution in [3.63, 3.8) is 0 Å². The van der Waals surface area contributed by atoms with E-state index in [1.165, 1.54) is 5.56 Å². The second-order valence-corrected chi connectivity index (χ2v) is 5.53. The second-order valence-electron chi connectivity index (χ2n) is 5.53. The van der Waals surface area contributed by atoms with Gasteiger partial charge in [-0.15, -0.1) is 0 Å². The van der Waals surface area contributed by atoms with Crippen LogP contribution in [-0.2, 0) is 6.54 Å². The Morgan fingerprint density at radius 2 is 2.06 bits per heavy atom. The molecule has 0 atom stereocenters. The summed E-state index contributed by atoms with van der Waals surface area (Å²) < 4.78 is 0. The van der Waals surface area contributed by atoms with E-state index in [9.17, 15) is 0 Å². The van der Waals surface area contributed by atoms with Gasteiger partial charge >= 0.3 is 0 Å². The molecule has 0 amide bonds. The van der Waals surface area contributed by atoms with Gasteiger partial charge in [-0.05, 0) is 30.2 Å². The van der Waals surface area contributed by atoms with Gasteiger partial charge in [-0.25, -0.2) is 4.98 Å². The maximum absolute atomic E-state index is 4.21. The molecule has 0 fully saturated rings. The highest BCUT2D eigenvalue weighted by Crippen LogP contribution is 2.16. The van der Waals surface area contributed by atoms with Crippen LogP contribution in [0.5, 0.6) is 0 Å². The minimum Gasteiger partial charge on any atom is -0.373 e. The van der Waals surface area contributed by atoms with Crippen molar-refractivity contribution in [3.05, 3.63) is 23.9 Å². The Hall–Kier alpha value is -1.09. The topological polar surface area (TPSA) is 28.2 Å². The van der Waals surface area contributed by atoms with Gasteiger partial charge in [0.25, 0.3) is 0 Å². The van der Waals surface area contributed by atoms with E-state index in [2.05, 4.69) is 55.2 Å². The predicted molar refractivity (Wildman–Crippen MR) is 69.6 cm³/mol. The van der Waals surface area contributed by atoms with E-state index in [0.29, 0.717) is 5.41 Å². The van der Waals surface area contributed by atoms with Crippen molar-refractivity contribution in [3.8, 4) is 0 Å². The Balaban J connectivity index is 2.59. The summed E-state index contributed by atoms with van der Waals surface area (Å²) in [5.74, 6) is 0.932. The summed E-state index contributed by atoms with van der Waals surface area (Å²) in [4.78, 5) is 6.55. The van der Waals surface area contributed by atoms with Crippen LogP contribution in [0.1, 0.15) is 26.3 Å². The standard InChI is InChI=1S/C13H23N3/c1-13(2,3)10-16(5)9-11-6-7-15-12(8-11)14-4/h6-8H,9-10H2,1-5H3,(H,14,15). The van der Waals surface area contributed by atoms with Crippen molar-refractivity contribution in [2.45, 2.75) is 27.3 Å². The molecule has 0 saturated carbocycles. The second kappa shape index (κ2) is 5.30. The fraction of sp³-hybridized carbons (Fsp3) is 0.615. The van der Waals surface area contributed by atoms with Gasteiger partial charge in [-0.1, -0.05) is 20.8 Å². The Morgan fingerprint density at radius 3 is 2.62 bits per heavy atom. The van der Waals surface area contributed by atoms with E-state index in [4.69, 9.17) is 0 Å². The van der Waals surface area contributed by atoms with Gasteiger partial charge in [0.1, 0.15) is 5.82 Å². The molecule has 0 bridgehead atoms. The smallest absolute Gasteiger partial charge is 0.125 e. The summed E-state index contributed by atoms with van der Waals surface area (Å²) in [6, 6.07) is 4.17. The highest BCUT2D eigenvalue weighted by atomic mass is 15.1. The molecule has 0 saturated heterocycles. The lowest BCUT2D eigenvalue weighted by Crippen LogP contribution is -2.28. The zero-order valence-corrected chi connectivity index (χ0v) is 11.0. The van der Waals surface area contributed by atoms with Crippen molar-refractivity contribution in [2.24, 2.45) is 5.41 Å². The average molecular weight is 221 g/mol. The molecule has 0 aliphatic rings. The van der Waals surface area contributed by atoms with Crippen LogP contribution >= 0.6 is 0 Å². The molecule has 1 aromatic rings. The molecule has 0 aliphatic carbocycles. The molecule has 3 nitrogen and oxygen atoms in total. The molecule has 1 rings (SSSR count). The molecule has 1 heterocycles. The summed E-state index contributed by atoms with van der Waals surface area (Å²) >= 11 is 0. The van der Waals surface area contributed by atoms with E-state index in [0.717, 1.165) is 18.9 Å². The van der Waals surface area contributed by atoms with Crippen molar-refractivity contribution in [1.29, 1.82) is 0 Å². The monoisotopic (exact) mass is 221 g/mol. The number of aromatic nitrogens is 1. The van der Waals surface area contributed by atoms with Gasteiger partial charge in [0.15, 0.2) is 0 Å². The molecule has 0 spiro atoms. The SMILES string of the molecule is CNc1cc(CN(C)CC(C)(C)C)ccn1. The van der Waals surface area contributed by atoms with Crippen LogP contribution in [0.25, 0.3) is 0 Å². The predicted octanol–water partition coefficient (Wildman–Crippen LogP) is 2.60. The highest BCUT2D eigenvalue weighted by Gasteiger charge is 2.13. The first-order valence-corrected chi connectivity index (χ1v) is 5.72. The minimum atomic E-state index is 0.341. The third-order valence-corrected chi connectivity index (χ3v) is 2.28. The van der Waals surface area contributed by atoms with Crippen LogP contribution in [0.2, 0.25) is 0 Å². The molecule has 1 N–H and O–H groups in total. The highest BCUT2D eigenvalue weighted by molar-refractivity contribution is 5.36. The van der Waals surface area contributed by atoms with E-state index < -0.39 is 0 Å². The van der Waals surface area contributed by atoms with Crippen molar-refractivity contribution in [2.75, 3.05) is 26.0 Å². The molecule has 0 unspecified atom stereocenters. The number of pyridine rings is 1. The third kappa shape index (κ3) is 4.62. The van der Waals surface area contributed by atoms with Gasteiger partial charge in [0.05, 0.1) is 0 Å². The van der Waals surface area contributed by atoms with Crippen molar-refractivity contribution in [1.82, 2.24) is 9.88 Å². The number of hydrogen-bond donors (Lipinski definition) is 1. The van der Waals surface area contributed by atoms with Crippen molar-refractivity contribution < 1.29 is 0 Å². The maximum atomic E-state index is 4.21. The minimum absolute atomic E-state index is 0.341. The summed E-state index contributed by atoms with van der Waals surface area (Å²) in [6.07, 6.45) is 1.85. The number of nitrogens with zero attached hydrogens (tertiary/aromatic N) is 2. The lowest BCUT2D eigenvalue weighted by molar-refractivity contribution is 0.221. The Bertz CT molecular complexity index is 328. The molecule has 90 valence electrons. The fourth-order valence-corrected chi connectivity index (χ4v) is 1.89. The first-order chi connectivity index (χ1) is 7.40. The molecule has 1 aromatic heterocycles. The van der Waals surface area contributed by atoms with E-state index in [-0.39, 0.29) is 0 Å². The zero-order valence-electron chi connectivity index (χ0n) is 11.0. The maximum Gasteiger partial charge on any atom is 0.125 e. The summed E-state index contributed by atoms with van der Waals surface area (Å²) in [5.41, 5.74) is 1.64. The van der Waals surface area contributed by atoms with Crippen LogP contribution in [0.15, 0.2) is 18.3 Å². The van der Waals surface area contributed by atoms with Crippen LogP contribution in [0, 0.1) is 5.41 Å². The molecular formula is C13H23N3. The van der Waals surface area contributed by atoms with E-state index in [1.807, 2.05) is 13.2 Å². The van der Waals surface area contributed by atoms with Crippen molar-refractivity contribution >= 4 is 5.82 Å². The number of nitrogens with one attached hydrogen (secondary N) is 1. The number of hydrogen-bond acceptors (Lipinski definition) is 3. The lowest BCUT2D eigenvalue weighted by Gasteiger charge is -2.26. The van der Waals surface area contributed by atoms with Crippen LogP contribution in [0.3, 0.4) is 0 Å². The zero-order chi connectivity index (χ0) is 12.2. The molecule has 3 heteroatoms. The van der Waals surface area contributed by atoms with E-state index in [1.54, 1.807) is 0 Å². The van der Waals surface area contributed by atoms with Crippen LogP contribution in [0.4, 0.5) is 5.82 Å². The van der Waals surface area contributed by atoms with Gasteiger partial charge in [0.2, 0.25) is 0 Å². The Kier molecular flexibility index (Phi) is 4.30. The summed E-state index contributed by atoms with van der Waals surface area (Å²) in [5, 5.41) is 3.06. The van der Waals surface area contributed by atoms with Crippen LogP contribution < -0.4 is 5.32 Å². The average Bonchev–Trinajstić information content (AvgIpc) is 2.15. The fourth-order valence-electron chi connectivity index (χ4n) is 1.89. The van der Waals surface area contributed by atoms with E-state index >= 15 is 0 Å². The van der Waals surface area contributed by atoms with Gasteiger partial charge in [-0.2, -0.15) is 0 Å². The Morgan fingerprint density at radius 1 is 1.38 bits per heavy atom. The number of rotatable bonds is 4. The van der Waals surface area contributed by atoms with Crippen LogP contribution in [-0.4, -0.2) is 30.5 Å². The molecular weight excluding hydrogens is 198 g/mol. The largest absolute Gasteiger partial charge is 0.373 e.